The van der Waals surface area contributed by atoms with E-state index in [2.05, 4.69) is 4.98 Å². The minimum Gasteiger partial charge on any atom is -0.249 e. The van der Waals surface area contributed by atoms with Crippen molar-refractivity contribution in [2.45, 2.75) is 18.2 Å². The molecule has 0 aliphatic heterocycles. The molecule has 84 valence electrons. The van der Waals surface area contributed by atoms with Crippen LogP contribution in [-0.2, 0) is 9.05 Å². The maximum absolute atomic E-state index is 12.6. The molecule has 0 aliphatic rings. The van der Waals surface area contributed by atoms with Crippen LogP contribution in [0, 0.1) is 10.6 Å². The van der Waals surface area contributed by atoms with Gasteiger partial charge in [0.05, 0.1) is 0 Å². The fourth-order valence-electron chi connectivity index (χ4n) is 1.08. The van der Waals surface area contributed by atoms with Gasteiger partial charge in [-0.1, -0.05) is 0 Å². The highest BCUT2D eigenvalue weighted by Crippen LogP contribution is 2.33. The van der Waals surface area contributed by atoms with Crippen molar-refractivity contribution >= 4 is 42.3 Å². The lowest BCUT2D eigenvalue weighted by Crippen LogP contribution is -2.06. The van der Waals surface area contributed by atoms with Gasteiger partial charge in [0, 0.05) is 22.4 Å². The van der Waals surface area contributed by atoms with Crippen molar-refractivity contribution in [3.05, 3.63) is 21.0 Å². The molecule has 0 aliphatic carbocycles. The monoisotopic (exact) mass is 367 g/mol. The Bertz CT molecular complexity index is 492. The molecule has 15 heavy (non-hydrogen) atoms. The van der Waals surface area contributed by atoms with Crippen LogP contribution in [0.1, 0.15) is 17.6 Å². The number of pyridine rings is 1. The quantitative estimate of drug-likeness (QED) is 0.459. The second-order valence-electron chi connectivity index (χ2n) is 2.71. The molecular weight excluding hydrogens is 363 g/mol. The molecule has 0 fully saturated rings. The maximum atomic E-state index is 12.6. The summed E-state index contributed by atoms with van der Waals surface area (Å²) in [6, 6.07) is 0. The van der Waals surface area contributed by atoms with E-state index in [1.165, 1.54) is 13.1 Å². The molecule has 8 heteroatoms. The Morgan fingerprint density at radius 2 is 2.07 bits per heavy atom. The van der Waals surface area contributed by atoms with Crippen LogP contribution in [0.5, 0.6) is 0 Å². The molecule has 3 nitrogen and oxygen atoms in total. The molecule has 0 aromatic carbocycles. The van der Waals surface area contributed by atoms with Gasteiger partial charge in [-0.15, -0.1) is 0 Å². The van der Waals surface area contributed by atoms with Gasteiger partial charge < -0.3 is 0 Å². The minimum absolute atomic E-state index is 0.0523. The van der Waals surface area contributed by atoms with Crippen molar-refractivity contribution in [1.29, 1.82) is 0 Å². The largest absolute Gasteiger partial charge is 0.265 e. The predicted molar refractivity (Wildman–Crippen MR) is 59.7 cm³/mol. The maximum Gasteiger partial charge on any atom is 0.265 e. The molecule has 0 saturated heterocycles. The molecular formula is C7H5ClF2INO2S. The van der Waals surface area contributed by atoms with E-state index in [1.807, 2.05) is 0 Å². The molecule has 1 rings (SSSR count). The molecule has 1 aromatic heterocycles. The highest BCUT2D eigenvalue weighted by molar-refractivity contribution is 14.1. The number of rotatable bonds is 2. The summed E-state index contributed by atoms with van der Waals surface area (Å²) in [5.74, 6) is 0. The normalized spacial score (nSPS) is 12.1. The number of halogens is 4. The lowest BCUT2D eigenvalue weighted by atomic mass is 10.2. The van der Waals surface area contributed by atoms with Gasteiger partial charge in [0.15, 0.2) is 0 Å². The fourth-order valence-corrected chi connectivity index (χ4v) is 4.00. The number of hydrogen-bond acceptors (Lipinski definition) is 3. The molecule has 0 saturated carbocycles. The van der Waals surface area contributed by atoms with Gasteiger partial charge in [-0.3, -0.25) is 0 Å². The van der Waals surface area contributed by atoms with E-state index in [0.29, 0.717) is 0 Å². The third-order valence-corrected chi connectivity index (χ3v) is 4.24. The Kier molecular flexibility index (Phi) is 3.88. The zero-order valence-corrected chi connectivity index (χ0v) is 11.1. The number of alkyl halides is 2. The lowest BCUT2D eigenvalue weighted by molar-refractivity contribution is 0.146. The number of aryl methyl sites for hydroxylation is 1. The van der Waals surface area contributed by atoms with Crippen molar-refractivity contribution in [1.82, 2.24) is 4.98 Å². The summed E-state index contributed by atoms with van der Waals surface area (Å²) in [5.41, 5.74) is -0.478. The Hall–Kier alpha value is -0.0200. The van der Waals surface area contributed by atoms with Crippen molar-refractivity contribution in [3.63, 3.8) is 0 Å². The second-order valence-corrected chi connectivity index (χ2v) is 6.24. The number of aromatic nitrogens is 1. The molecule has 0 unspecified atom stereocenters. The third-order valence-electron chi connectivity index (χ3n) is 1.69. The SMILES string of the molecule is Cc1cnc(I)c(S(=O)(=O)Cl)c1C(F)F. The first-order valence-corrected chi connectivity index (χ1v) is 7.01. The molecule has 0 amide bonds. The van der Waals surface area contributed by atoms with E-state index in [4.69, 9.17) is 10.7 Å². The van der Waals surface area contributed by atoms with Crippen LogP contribution in [-0.4, -0.2) is 13.4 Å². The molecule has 0 atom stereocenters. The van der Waals surface area contributed by atoms with Crippen LogP contribution in [0.25, 0.3) is 0 Å². The highest BCUT2D eigenvalue weighted by atomic mass is 127. The summed E-state index contributed by atoms with van der Waals surface area (Å²) in [4.78, 5) is 3.08. The fraction of sp³-hybridized carbons (Fsp3) is 0.286. The van der Waals surface area contributed by atoms with Crippen molar-refractivity contribution < 1.29 is 17.2 Å². The standard InChI is InChI=1S/C7H5ClF2INO2S/c1-3-2-12-7(11)5(15(8,13)14)4(3)6(9)10/h2,6H,1H3. The Morgan fingerprint density at radius 3 is 2.40 bits per heavy atom. The molecule has 1 heterocycles. The summed E-state index contributed by atoms with van der Waals surface area (Å²) in [6.07, 6.45) is -1.71. The summed E-state index contributed by atoms with van der Waals surface area (Å²) in [5, 5.41) is 0. The zero-order chi connectivity index (χ0) is 11.8. The van der Waals surface area contributed by atoms with Gasteiger partial charge in [-0.2, -0.15) is 0 Å². The van der Waals surface area contributed by atoms with E-state index in [0.717, 1.165) is 0 Å². The van der Waals surface area contributed by atoms with E-state index in [-0.39, 0.29) is 9.26 Å². The van der Waals surface area contributed by atoms with Gasteiger partial charge in [0.1, 0.15) is 8.60 Å². The minimum atomic E-state index is -4.21. The van der Waals surface area contributed by atoms with E-state index < -0.39 is 25.9 Å². The smallest absolute Gasteiger partial charge is 0.249 e. The second kappa shape index (κ2) is 4.46. The van der Waals surface area contributed by atoms with Crippen LogP contribution in [0.15, 0.2) is 11.1 Å². The predicted octanol–water partition coefficient (Wildman–Crippen LogP) is 2.86. The first-order chi connectivity index (χ1) is 6.75. The number of hydrogen-bond donors (Lipinski definition) is 0. The molecule has 0 N–H and O–H groups in total. The lowest BCUT2D eigenvalue weighted by Gasteiger charge is -2.10. The van der Waals surface area contributed by atoms with E-state index in [9.17, 15) is 17.2 Å². The summed E-state index contributed by atoms with van der Waals surface area (Å²) in [7, 11) is 0.870. The molecule has 0 radical (unpaired) electrons. The molecule has 1 aromatic rings. The summed E-state index contributed by atoms with van der Waals surface area (Å²) in [6.45, 7) is 1.36. The van der Waals surface area contributed by atoms with Gasteiger partial charge in [0.2, 0.25) is 0 Å². The Morgan fingerprint density at radius 1 is 1.53 bits per heavy atom. The van der Waals surface area contributed by atoms with Crippen LogP contribution in [0.3, 0.4) is 0 Å². The average molecular weight is 368 g/mol. The van der Waals surface area contributed by atoms with Crippen molar-refractivity contribution in [2.24, 2.45) is 0 Å². The van der Waals surface area contributed by atoms with Crippen molar-refractivity contribution in [3.8, 4) is 0 Å². The van der Waals surface area contributed by atoms with Gasteiger partial charge >= 0.3 is 0 Å². The Balaban J connectivity index is 3.68. The molecule has 0 bridgehead atoms. The first kappa shape index (κ1) is 13.0. The zero-order valence-electron chi connectivity index (χ0n) is 7.34. The van der Waals surface area contributed by atoms with Crippen LogP contribution < -0.4 is 0 Å². The van der Waals surface area contributed by atoms with Crippen molar-refractivity contribution in [2.75, 3.05) is 0 Å². The summed E-state index contributed by atoms with van der Waals surface area (Å²) < 4.78 is 47.5. The van der Waals surface area contributed by atoms with E-state index in [1.54, 1.807) is 22.6 Å². The Labute approximate surface area is 103 Å². The van der Waals surface area contributed by atoms with Crippen LogP contribution >= 0.6 is 33.3 Å². The average Bonchev–Trinajstić information content (AvgIpc) is 2.05. The highest BCUT2D eigenvalue weighted by Gasteiger charge is 2.27. The van der Waals surface area contributed by atoms with Crippen LogP contribution in [0.4, 0.5) is 8.78 Å². The van der Waals surface area contributed by atoms with Gasteiger partial charge in [-0.05, 0) is 35.1 Å². The number of nitrogens with zero attached hydrogens (tertiary/aromatic N) is 1. The topological polar surface area (TPSA) is 47.0 Å². The molecule has 0 spiro atoms. The third kappa shape index (κ3) is 2.76. The van der Waals surface area contributed by atoms with E-state index >= 15 is 0 Å². The van der Waals surface area contributed by atoms with Gasteiger partial charge in [0.25, 0.3) is 15.5 Å². The van der Waals surface area contributed by atoms with Crippen LogP contribution in [0.2, 0.25) is 0 Å². The summed E-state index contributed by atoms with van der Waals surface area (Å²) >= 11 is 1.55. The first-order valence-electron chi connectivity index (χ1n) is 3.63. The van der Waals surface area contributed by atoms with Gasteiger partial charge in [-0.25, -0.2) is 22.2 Å².